The monoisotopic (exact) mass is 354 g/mol. The van der Waals surface area contributed by atoms with Gasteiger partial charge in [-0.25, -0.2) is 0 Å². The second-order valence-electron chi connectivity index (χ2n) is 6.61. The van der Waals surface area contributed by atoms with Crippen molar-refractivity contribution < 1.29 is 9.53 Å². The van der Waals surface area contributed by atoms with Crippen molar-refractivity contribution in [2.75, 3.05) is 55.8 Å². The molecule has 1 aliphatic heterocycles. The van der Waals surface area contributed by atoms with Gasteiger partial charge >= 0.3 is 0 Å². The number of carbonyl (C=O) groups excluding carboxylic acids is 1. The topological polar surface area (TPSA) is 70.8 Å². The molecule has 2 aromatic carbocycles. The van der Waals surface area contributed by atoms with Crippen molar-refractivity contribution in [2.45, 2.75) is 6.92 Å². The average molecular weight is 354 g/mol. The zero-order valence-electron chi connectivity index (χ0n) is 15.4. The maximum atomic E-state index is 12.4. The van der Waals surface area contributed by atoms with E-state index in [0.717, 1.165) is 26.2 Å². The van der Waals surface area contributed by atoms with Crippen LogP contribution in [0.3, 0.4) is 0 Å². The maximum absolute atomic E-state index is 12.4. The van der Waals surface area contributed by atoms with Crippen LogP contribution in [-0.2, 0) is 4.79 Å². The molecule has 0 atom stereocenters. The van der Waals surface area contributed by atoms with Gasteiger partial charge in [-0.05, 0) is 42.8 Å². The third-order valence-corrected chi connectivity index (χ3v) is 4.60. The van der Waals surface area contributed by atoms with Crippen LogP contribution in [0.2, 0.25) is 0 Å². The van der Waals surface area contributed by atoms with Crippen LogP contribution in [0.5, 0.6) is 5.75 Å². The number of aryl methyl sites for hydroxylation is 1. The van der Waals surface area contributed by atoms with Gasteiger partial charge in [0, 0.05) is 37.6 Å². The van der Waals surface area contributed by atoms with Crippen molar-refractivity contribution in [2.24, 2.45) is 0 Å². The van der Waals surface area contributed by atoms with Crippen molar-refractivity contribution in [3.8, 4) is 5.75 Å². The van der Waals surface area contributed by atoms with E-state index in [-0.39, 0.29) is 5.91 Å². The summed E-state index contributed by atoms with van der Waals surface area (Å²) in [6, 6.07) is 13.8. The summed E-state index contributed by atoms with van der Waals surface area (Å²) < 4.78 is 5.27. The number of nitrogens with two attached hydrogens (primary N) is 1. The lowest BCUT2D eigenvalue weighted by Gasteiger charge is -2.35. The van der Waals surface area contributed by atoms with E-state index in [9.17, 15) is 4.79 Å². The second-order valence-corrected chi connectivity index (χ2v) is 6.61. The molecule has 0 aliphatic carbocycles. The Morgan fingerprint density at radius 1 is 1.15 bits per heavy atom. The maximum Gasteiger partial charge on any atom is 0.238 e. The van der Waals surface area contributed by atoms with Crippen LogP contribution in [-0.4, -0.2) is 50.6 Å². The summed E-state index contributed by atoms with van der Waals surface area (Å²) in [5.41, 5.74) is 9.51. The number of benzene rings is 2. The van der Waals surface area contributed by atoms with Gasteiger partial charge in [0.05, 0.1) is 19.3 Å². The number of nitrogen functional groups attached to an aromatic ring is 1. The Morgan fingerprint density at radius 2 is 1.92 bits per heavy atom. The third-order valence-electron chi connectivity index (χ3n) is 4.60. The summed E-state index contributed by atoms with van der Waals surface area (Å²) in [6.07, 6.45) is 0. The van der Waals surface area contributed by atoms with Gasteiger partial charge in [0.25, 0.3) is 0 Å². The highest BCUT2D eigenvalue weighted by Gasteiger charge is 2.20. The molecular formula is C20H26N4O2. The van der Waals surface area contributed by atoms with E-state index in [4.69, 9.17) is 10.5 Å². The van der Waals surface area contributed by atoms with E-state index in [1.165, 1.54) is 11.3 Å². The molecule has 26 heavy (non-hydrogen) atoms. The summed E-state index contributed by atoms with van der Waals surface area (Å²) in [5, 5.41) is 2.90. The minimum atomic E-state index is -0.0575. The van der Waals surface area contributed by atoms with Crippen LogP contribution in [0, 0.1) is 6.92 Å². The van der Waals surface area contributed by atoms with Gasteiger partial charge in [0.15, 0.2) is 0 Å². The molecule has 0 saturated carbocycles. The van der Waals surface area contributed by atoms with E-state index in [1.54, 1.807) is 25.3 Å². The molecule has 1 aliphatic rings. The third kappa shape index (κ3) is 4.46. The van der Waals surface area contributed by atoms with E-state index in [0.29, 0.717) is 23.7 Å². The van der Waals surface area contributed by atoms with Gasteiger partial charge in [-0.2, -0.15) is 0 Å². The standard InChI is InChI=1S/C20H26N4O2/c1-15-4-3-5-17(12-15)24-10-8-23(9-11-24)14-20(25)22-18-13-16(21)6-7-19(18)26-2/h3-7,12-13H,8-11,14,21H2,1-2H3,(H,22,25). The van der Waals surface area contributed by atoms with Gasteiger partial charge in [-0.1, -0.05) is 12.1 Å². The summed E-state index contributed by atoms with van der Waals surface area (Å²) >= 11 is 0. The summed E-state index contributed by atoms with van der Waals surface area (Å²) in [7, 11) is 1.58. The van der Waals surface area contributed by atoms with Crippen LogP contribution in [0.1, 0.15) is 5.56 Å². The van der Waals surface area contributed by atoms with E-state index in [2.05, 4.69) is 46.3 Å². The van der Waals surface area contributed by atoms with Crippen LogP contribution in [0.15, 0.2) is 42.5 Å². The molecule has 6 nitrogen and oxygen atoms in total. The molecule has 138 valence electrons. The SMILES string of the molecule is COc1ccc(N)cc1NC(=O)CN1CCN(c2cccc(C)c2)CC1. The van der Waals surface area contributed by atoms with Gasteiger partial charge in [-0.15, -0.1) is 0 Å². The Bertz CT molecular complexity index is 770. The zero-order valence-corrected chi connectivity index (χ0v) is 15.4. The number of carbonyl (C=O) groups is 1. The van der Waals surface area contributed by atoms with E-state index >= 15 is 0 Å². The molecule has 1 saturated heterocycles. The van der Waals surface area contributed by atoms with Gasteiger partial charge < -0.3 is 20.7 Å². The van der Waals surface area contributed by atoms with Crippen molar-refractivity contribution in [3.05, 3.63) is 48.0 Å². The fourth-order valence-corrected chi connectivity index (χ4v) is 3.20. The van der Waals surface area contributed by atoms with Crippen LogP contribution in [0.4, 0.5) is 17.1 Å². The number of methoxy groups -OCH3 is 1. The molecule has 3 N–H and O–H groups in total. The quantitative estimate of drug-likeness (QED) is 0.807. The number of rotatable bonds is 5. The number of ether oxygens (including phenoxy) is 1. The normalized spacial score (nSPS) is 14.9. The smallest absolute Gasteiger partial charge is 0.238 e. The highest BCUT2D eigenvalue weighted by molar-refractivity contribution is 5.94. The van der Waals surface area contributed by atoms with Crippen molar-refractivity contribution >= 4 is 23.0 Å². The second kappa shape index (κ2) is 8.10. The number of hydrogen-bond acceptors (Lipinski definition) is 5. The Kier molecular flexibility index (Phi) is 5.63. The van der Waals surface area contributed by atoms with Crippen LogP contribution < -0.4 is 20.7 Å². The lowest BCUT2D eigenvalue weighted by molar-refractivity contribution is -0.117. The predicted molar refractivity (Wildman–Crippen MR) is 106 cm³/mol. The molecule has 0 aromatic heterocycles. The van der Waals surface area contributed by atoms with Gasteiger partial charge in [0.1, 0.15) is 5.75 Å². The molecule has 1 heterocycles. The minimum Gasteiger partial charge on any atom is -0.495 e. The van der Waals surface area contributed by atoms with Gasteiger partial charge in [0.2, 0.25) is 5.91 Å². The number of anilines is 3. The lowest BCUT2D eigenvalue weighted by atomic mass is 10.2. The average Bonchev–Trinajstić information content (AvgIpc) is 2.62. The Morgan fingerprint density at radius 3 is 2.62 bits per heavy atom. The highest BCUT2D eigenvalue weighted by atomic mass is 16.5. The Hall–Kier alpha value is -2.73. The molecule has 2 aromatic rings. The molecule has 0 bridgehead atoms. The lowest BCUT2D eigenvalue weighted by Crippen LogP contribution is -2.48. The first kappa shape index (κ1) is 18.1. The van der Waals surface area contributed by atoms with Crippen LogP contribution >= 0.6 is 0 Å². The Labute approximate surface area is 154 Å². The minimum absolute atomic E-state index is 0.0575. The first-order valence-electron chi connectivity index (χ1n) is 8.82. The van der Waals surface area contributed by atoms with E-state index in [1.807, 2.05) is 0 Å². The summed E-state index contributed by atoms with van der Waals surface area (Å²) in [6.45, 7) is 6.01. The van der Waals surface area contributed by atoms with Crippen molar-refractivity contribution in [1.82, 2.24) is 4.90 Å². The Balaban J connectivity index is 1.53. The van der Waals surface area contributed by atoms with Crippen molar-refractivity contribution in [1.29, 1.82) is 0 Å². The molecule has 0 spiro atoms. The highest BCUT2D eigenvalue weighted by Crippen LogP contribution is 2.26. The fourth-order valence-electron chi connectivity index (χ4n) is 3.20. The van der Waals surface area contributed by atoms with Crippen LogP contribution in [0.25, 0.3) is 0 Å². The van der Waals surface area contributed by atoms with E-state index < -0.39 is 0 Å². The largest absolute Gasteiger partial charge is 0.495 e. The molecule has 3 rings (SSSR count). The van der Waals surface area contributed by atoms with Crippen molar-refractivity contribution in [3.63, 3.8) is 0 Å². The number of amides is 1. The predicted octanol–water partition coefficient (Wildman–Crippen LogP) is 2.35. The number of hydrogen-bond donors (Lipinski definition) is 2. The number of piperazine rings is 1. The molecular weight excluding hydrogens is 328 g/mol. The summed E-state index contributed by atoms with van der Waals surface area (Å²) in [4.78, 5) is 16.9. The first-order valence-corrected chi connectivity index (χ1v) is 8.82. The first-order chi connectivity index (χ1) is 12.5. The molecule has 1 fully saturated rings. The molecule has 1 amide bonds. The van der Waals surface area contributed by atoms with Gasteiger partial charge in [-0.3, -0.25) is 9.69 Å². The molecule has 6 heteroatoms. The summed E-state index contributed by atoms with van der Waals surface area (Å²) in [5.74, 6) is 0.551. The fraction of sp³-hybridized carbons (Fsp3) is 0.350. The molecule has 0 radical (unpaired) electrons. The number of nitrogens with one attached hydrogen (secondary N) is 1. The molecule has 0 unspecified atom stereocenters. The number of nitrogens with zero attached hydrogens (tertiary/aromatic N) is 2. The zero-order chi connectivity index (χ0) is 18.5.